The van der Waals surface area contributed by atoms with Gasteiger partial charge < -0.3 is 9.80 Å². The van der Waals surface area contributed by atoms with Crippen LogP contribution < -0.4 is 0 Å². The number of carbonyl (C=O) groups excluding carboxylic acids is 2. The largest absolute Gasteiger partial charge is 0.342 e. The van der Waals surface area contributed by atoms with Crippen molar-refractivity contribution >= 4 is 17.9 Å². The monoisotopic (exact) mass is 444 g/mol. The molecule has 1 aliphatic heterocycles. The van der Waals surface area contributed by atoms with Gasteiger partial charge in [-0.05, 0) is 67.7 Å². The van der Waals surface area contributed by atoms with Gasteiger partial charge in [0.05, 0.1) is 0 Å². The van der Waals surface area contributed by atoms with Crippen LogP contribution >= 0.6 is 0 Å². The molecule has 0 radical (unpaired) electrons. The molecule has 1 saturated carbocycles. The van der Waals surface area contributed by atoms with Crippen LogP contribution in [0.1, 0.15) is 48.8 Å². The molecule has 4 nitrogen and oxygen atoms in total. The number of amides is 2. The number of nitrogens with zero attached hydrogens (tertiary/aromatic N) is 2. The fourth-order valence-corrected chi connectivity index (χ4v) is 5.13. The van der Waals surface area contributed by atoms with Crippen molar-refractivity contribution < 1.29 is 9.59 Å². The normalized spacial score (nSPS) is 18.2. The zero-order chi connectivity index (χ0) is 23.2. The van der Waals surface area contributed by atoms with Gasteiger partial charge in [0.15, 0.2) is 0 Å². The summed E-state index contributed by atoms with van der Waals surface area (Å²) in [5, 5.41) is 0. The van der Waals surface area contributed by atoms with Crippen molar-refractivity contribution in [1.29, 1.82) is 0 Å². The standard InChI is InChI=1S/C29H36N2O2/c1-22-9-6-7-12-26(22)21-27(30(2)29(33)25-13-8-14-25)24-17-19-31(20-18-24)28(32)16-15-23-10-4-3-5-11-23/h3-7,9-12,15-16,24-25,27H,8,13-14,17-21H2,1-2H3. The average molecular weight is 445 g/mol. The van der Waals surface area contributed by atoms with Crippen LogP contribution in [0, 0.1) is 18.8 Å². The average Bonchev–Trinajstić information content (AvgIpc) is 2.81. The van der Waals surface area contributed by atoms with Crippen molar-refractivity contribution in [2.24, 2.45) is 11.8 Å². The van der Waals surface area contributed by atoms with Gasteiger partial charge in [-0.3, -0.25) is 9.59 Å². The van der Waals surface area contributed by atoms with E-state index in [0.717, 1.165) is 50.8 Å². The number of likely N-dealkylation sites (tertiary alicyclic amines) is 1. The second kappa shape index (κ2) is 10.8. The third-order valence-electron chi connectivity index (χ3n) is 7.60. The van der Waals surface area contributed by atoms with E-state index in [0.29, 0.717) is 11.8 Å². The van der Waals surface area contributed by atoms with Crippen LogP contribution in [0.4, 0.5) is 0 Å². The molecule has 2 aromatic rings. The minimum atomic E-state index is 0.0756. The molecule has 1 heterocycles. The van der Waals surface area contributed by atoms with E-state index in [1.165, 1.54) is 17.5 Å². The molecule has 4 rings (SSSR count). The first-order chi connectivity index (χ1) is 16.0. The van der Waals surface area contributed by atoms with Crippen molar-refractivity contribution in [3.05, 3.63) is 77.4 Å². The summed E-state index contributed by atoms with van der Waals surface area (Å²) in [6.45, 7) is 3.65. The number of piperidine rings is 1. The second-order valence-corrected chi connectivity index (χ2v) is 9.68. The number of carbonyl (C=O) groups is 2. The SMILES string of the molecule is Cc1ccccc1CC(C1CCN(C(=O)C=Cc2ccccc2)CC1)N(C)C(=O)C1CCC1. The summed E-state index contributed by atoms with van der Waals surface area (Å²) in [4.78, 5) is 29.9. The van der Waals surface area contributed by atoms with E-state index in [-0.39, 0.29) is 17.9 Å². The minimum absolute atomic E-state index is 0.0756. The van der Waals surface area contributed by atoms with Crippen molar-refractivity contribution in [3.63, 3.8) is 0 Å². The van der Waals surface area contributed by atoms with Crippen LogP contribution in [0.2, 0.25) is 0 Å². The summed E-state index contributed by atoms with van der Waals surface area (Å²) in [7, 11) is 2.00. The Morgan fingerprint density at radius 3 is 2.30 bits per heavy atom. The molecule has 4 heteroatoms. The van der Waals surface area contributed by atoms with E-state index in [1.54, 1.807) is 6.08 Å². The number of rotatable bonds is 7. The Hall–Kier alpha value is -2.88. The van der Waals surface area contributed by atoms with Gasteiger partial charge in [-0.15, -0.1) is 0 Å². The first-order valence-corrected chi connectivity index (χ1v) is 12.4. The topological polar surface area (TPSA) is 40.6 Å². The van der Waals surface area contributed by atoms with E-state index < -0.39 is 0 Å². The van der Waals surface area contributed by atoms with Crippen LogP contribution in [0.5, 0.6) is 0 Å². The quantitative estimate of drug-likeness (QED) is 0.557. The predicted molar refractivity (Wildman–Crippen MR) is 134 cm³/mol. The molecule has 1 unspecified atom stereocenters. The fourth-order valence-electron chi connectivity index (χ4n) is 5.13. The Morgan fingerprint density at radius 2 is 1.67 bits per heavy atom. The van der Waals surface area contributed by atoms with Crippen LogP contribution in [-0.2, 0) is 16.0 Å². The molecule has 2 aliphatic rings. The zero-order valence-corrected chi connectivity index (χ0v) is 20.0. The smallest absolute Gasteiger partial charge is 0.246 e. The molecular formula is C29H36N2O2. The summed E-state index contributed by atoms with van der Waals surface area (Å²) in [5.41, 5.74) is 3.64. The van der Waals surface area contributed by atoms with Gasteiger partial charge in [-0.25, -0.2) is 0 Å². The molecule has 2 fully saturated rings. The lowest BCUT2D eigenvalue weighted by Gasteiger charge is -2.42. The van der Waals surface area contributed by atoms with Crippen LogP contribution in [0.25, 0.3) is 6.08 Å². The second-order valence-electron chi connectivity index (χ2n) is 9.68. The van der Waals surface area contributed by atoms with E-state index in [9.17, 15) is 9.59 Å². The minimum Gasteiger partial charge on any atom is -0.342 e. The molecule has 33 heavy (non-hydrogen) atoms. The van der Waals surface area contributed by atoms with Gasteiger partial charge in [0, 0.05) is 38.2 Å². The summed E-state index contributed by atoms with van der Waals surface area (Å²) < 4.78 is 0. The molecular weight excluding hydrogens is 408 g/mol. The lowest BCUT2D eigenvalue weighted by atomic mass is 9.81. The Kier molecular flexibility index (Phi) is 7.64. The molecule has 1 atom stereocenters. The number of likely N-dealkylation sites (N-methyl/N-ethyl adjacent to an activating group) is 1. The highest BCUT2D eigenvalue weighted by Gasteiger charge is 2.36. The maximum Gasteiger partial charge on any atom is 0.246 e. The Morgan fingerprint density at radius 1 is 1.00 bits per heavy atom. The number of benzene rings is 2. The highest BCUT2D eigenvalue weighted by molar-refractivity contribution is 5.91. The molecule has 1 aliphatic carbocycles. The van der Waals surface area contributed by atoms with Crippen molar-refractivity contribution in [2.45, 2.75) is 51.5 Å². The molecule has 174 valence electrons. The first kappa shape index (κ1) is 23.3. The summed E-state index contributed by atoms with van der Waals surface area (Å²) >= 11 is 0. The molecule has 2 aromatic carbocycles. The highest BCUT2D eigenvalue weighted by atomic mass is 16.2. The summed E-state index contributed by atoms with van der Waals surface area (Å²) in [6, 6.07) is 18.6. The van der Waals surface area contributed by atoms with E-state index in [2.05, 4.69) is 31.2 Å². The number of aryl methyl sites for hydroxylation is 1. The van der Waals surface area contributed by atoms with Crippen LogP contribution in [0.3, 0.4) is 0 Å². The molecule has 1 saturated heterocycles. The highest BCUT2D eigenvalue weighted by Crippen LogP contribution is 2.32. The number of hydrogen-bond acceptors (Lipinski definition) is 2. The van der Waals surface area contributed by atoms with Crippen LogP contribution in [-0.4, -0.2) is 47.8 Å². The molecule has 0 aromatic heterocycles. The number of hydrogen-bond donors (Lipinski definition) is 0. The van der Waals surface area contributed by atoms with Crippen molar-refractivity contribution in [2.75, 3.05) is 20.1 Å². The Labute approximate surface area is 198 Å². The third-order valence-corrected chi connectivity index (χ3v) is 7.60. The van der Waals surface area contributed by atoms with Gasteiger partial charge in [-0.1, -0.05) is 61.0 Å². The maximum atomic E-state index is 13.1. The summed E-state index contributed by atoms with van der Waals surface area (Å²) in [6.07, 6.45) is 9.56. The van der Waals surface area contributed by atoms with Crippen molar-refractivity contribution in [1.82, 2.24) is 9.80 Å². The third kappa shape index (κ3) is 5.73. The predicted octanol–water partition coefficient (Wildman–Crippen LogP) is 5.12. The zero-order valence-electron chi connectivity index (χ0n) is 20.0. The maximum absolute atomic E-state index is 13.1. The van der Waals surface area contributed by atoms with Gasteiger partial charge in [0.25, 0.3) is 0 Å². The first-order valence-electron chi connectivity index (χ1n) is 12.4. The lowest BCUT2D eigenvalue weighted by Crippen LogP contribution is -2.50. The van der Waals surface area contributed by atoms with E-state index >= 15 is 0 Å². The van der Waals surface area contributed by atoms with Gasteiger partial charge in [0.1, 0.15) is 0 Å². The molecule has 2 amide bonds. The molecule has 0 spiro atoms. The van der Waals surface area contributed by atoms with Crippen LogP contribution in [0.15, 0.2) is 60.7 Å². The summed E-state index contributed by atoms with van der Waals surface area (Å²) in [5.74, 6) is 0.996. The molecule has 0 N–H and O–H groups in total. The fraction of sp³-hybridized carbons (Fsp3) is 0.448. The van der Waals surface area contributed by atoms with E-state index in [1.807, 2.05) is 53.3 Å². The Balaban J connectivity index is 1.42. The van der Waals surface area contributed by atoms with E-state index in [4.69, 9.17) is 0 Å². The van der Waals surface area contributed by atoms with Gasteiger partial charge >= 0.3 is 0 Å². The Bertz CT molecular complexity index is 972. The molecule has 0 bridgehead atoms. The lowest BCUT2D eigenvalue weighted by molar-refractivity contribution is -0.141. The van der Waals surface area contributed by atoms with Crippen molar-refractivity contribution in [3.8, 4) is 0 Å². The van der Waals surface area contributed by atoms with Gasteiger partial charge in [-0.2, -0.15) is 0 Å². The van der Waals surface area contributed by atoms with Gasteiger partial charge in [0.2, 0.25) is 11.8 Å².